The summed E-state index contributed by atoms with van der Waals surface area (Å²) >= 11 is 5.38. The van der Waals surface area contributed by atoms with Crippen LogP contribution in [-0.4, -0.2) is 23.6 Å². The third kappa shape index (κ3) is 5.05. The molecule has 0 amide bonds. The molecule has 1 atom stereocenters. The molecule has 1 aliphatic rings. The van der Waals surface area contributed by atoms with Gasteiger partial charge in [-0.3, -0.25) is 0 Å². The van der Waals surface area contributed by atoms with Crippen LogP contribution in [0, 0.1) is 5.82 Å². The minimum Gasteiger partial charge on any atom is -0.313 e. The van der Waals surface area contributed by atoms with Crippen molar-refractivity contribution >= 4 is 27.7 Å². The van der Waals surface area contributed by atoms with E-state index in [1.165, 1.54) is 25.7 Å². The lowest BCUT2D eigenvalue weighted by Crippen LogP contribution is -2.34. The Morgan fingerprint density at radius 3 is 2.80 bits per heavy atom. The van der Waals surface area contributed by atoms with Crippen molar-refractivity contribution in [3.63, 3.8) is 0 Å². The molecule has 1 aromatic carbocycles. The van der Waals surface area contributed by atoms with Crippen molar-refractivity contribution in [1.82, 2.24) is 5.32 Å². The van der Waals surface area contributed by atoms with E-state index in [4.69, 9.17) is 0 Å². The molecule has 0 aliphatic heterocycles. The lowest BCUT2D eigenvalue weighted by Gasteiger charge is -2.20. The second-order valence-corrected chi connectivity index (χ2v) is 7.68. The number of hydrogen-bond acceptors (Lipinski definition) is 2. The average Bonchev–Trinajstić information content (AvgIpc) is 2.92. The van der Waals surface area contributed by atoms with E-state index in [0.717, 1.165) is 34.0 Å². The molecule has 0 spiro atoms. The van der Waals surface area contributed by atoms with Gasteiger partial charge in [-0.2, -0.15) is 11.8 Å². The van der Waals surface area contributed by atoms with Gasteiger partial charge in [0.2, 0.25) is 0 Å². The number of benzene rings is 1. The van der Waals surface area contributed by atoms with E-state index in [9.17, 15) is 4.39 Å². The largest absolute Gasteiger partial charge is 0.313 e. The van der Waals surface area contributed by atoms with Gasteiger partial charge in [0.1, 0.15) is 5.82 Å². The predicted molar refractivity (Wildman–Crippen MR) is 90.0 cm³/mol. The van der Waals surface area contributed by atoms with Crippen molar-refractivity contribution in [2.45, 2.75) is 50.3 Å². The van der Waals surface area contributed by atoms with Gasteiger partial charge in [0.25, 0.3) is 0 Å². The van der Waals surface area contributed by atoms with Gasteiger partial charge in [0.15, 0.2) is 0 Å². The Kier molecular flexibility index (Phi) is 6.85. The van der Waals surface area contributed by atoms with Crippen LogP contribution in [0.25, 0.3) is 0 Å². The summed E-state index contributed by atoms with van der Waals surface area (Å²) in [6, 6.07) is 5.74. The maximum absolute atomic E-state index is 13.9. The lowest BCUT2D eigenvalue weighted by molar-refractivity contribution is 0.544. The van der Waals surface area contributed by atoms with Crippen LogP contribution in [0.4, 0.5) is 4.39 Å². The highest BCUT2D eigenvalue weighted by atomic mass is 79.9. The zero-order chi connectivity index (χ0) is 14.4. The molecule has 0 saturated heterocycles. The number of nitrogens with one attached hydrogen (secondary N) is 1. The van der Waals surface area contributed by atoms with Crippen LogP contribution in [0.3, 0.4) is 0 Å². The first-order valence-corrected chi connectivity index (χ1v) is 9.32. The minimum absolute atomic E-state index is 0.104. The topological polar surface area (TPSA) is 12.0 Å². The fraction of sp³-hybridized carbons (Fsp3) is 0.625. The molecule has 2 rings (SSSR count). The van der Waals surface area contributed by atoms with Gasteiger partial charge >= 0.3 is 0 Å². The normalized spacial score (nSPS) is 17.6. The van der Waals surface area contributed by atoms with E-state index in [-0.39, 0.29) is 5.82 Å². The molecule has 1 unspecified atom stereocenters. The molecule has 0 bridgehead atoms. The number of thioether (sulfide) groups is 1. The molecule has 0 heterocycles. The van der Waals surface area contributed by atoms with E-state index >= 15 is 0 Å². The van der Waals surface area contributed by atoms with Crippen LogP contribution in [0.15, 0.2) is 22.7 Å². The Hall–Kier alpha value is -0.0600. The summed E-state index contributed by atoms with van der Waals surface area (Å²) < 4.78 is 14.7. The third-order valence-corrected chi connectivity index (χ3v) is 5.84. The molecule has 1 nitrogen and oxygen atoms in total. The molecule has 0 aromatic heterocycles. The quantitative estimate of drug-likeness (QED) is 0.751. The van der Waals surface area contributed by atoms with E-state index < -0.39 is 0 Å². The smallest absolute Gasteiger partial charge is 0.127 e. The van der Waals surface area contributed by atoms with Crippen LogP contribution < -0.4 is 5.32 Å². The van der Waals surface area contributed by atoms with Crippen LogP contribution in [0.5, 0.6) is 0 Å². The molecule has 4 heteroatoms. The molecule has 112 valence electrons. The molecule has 1 aromatic rings. The van der Waals surface area contributed by atoms with Crippen molar-refractivity contribution in [3.8, 4) is 0 Å². The number of likely N-dealkylation sites (N-methyl/N-ethyl adjacent to an activating group) is 1. The Morgan fingerprint density at radius 1 is 1.40 bits per heavy atom. The summed E-state index contributed by atoms with van der Waals surface area (Å²) in [6.45, 7) is 3.05. The highest BCUT2D eigenvalue weighted by molar-refractivity contribution is 9.10. The first-order valence-electron chi connectivity index (χ1n) is 7.48. The number of rotatable bonds is 7. The summed E-state index contributed by atoms with van der Waals surface area (Å²) in [5, 5.41) is 4.32. The van der Waals surface area contributed by atoms with Gasteiger partial charge in [-0.1, -0.05) is 41.8 Å². The van der Waals surface area contributed by atoms with Crippen molar-refractivity contribution in [2.75, 3.05) is 12.3 Å². The molecule has 1 aliphatic carbocycles. The van der Waals surface area contributed by atoms with E-state index in [1.54, 1.807) is 6.07 Å². The summed E-state index contributed by atoms with van der Waals surface area (Å²) in [7, 11) is 0. The predicted octanol–water partition coefficient (Wildman–Crippen LogP) is 4.78. The molecule has 1 N–H and O–H groups in total. The van der Waals surface area contributed by atoms with Crippen molar-refractivity contribution in [1.29, 1.82) is 0 Å². The van der Waals surface area contributed by atoms with E-state index in [1.807, 2.05) is 12.1 Å². The van der Waals surface area contributed by atoms with Crippen molar-refractivity contribution < 1.29 is 4.39 Å². The third-order valence-electron chi connectivity index (χ3n) is 3.81. The van der Waals surface area contributed by atoms with Crippen molar-refractivity contribution in [2.24, 2.45) is 0 Å². The molecular formula is C16H23BrFNS. The first-order chi connectivity index (χ1) is 9.69. The summed E-state index contributed by atoms with van der Waals surface area (Å²) in [5.41, 5.74) is 0.811. The van der Waals surface area contributed by atoms with Gasteiger partial charge in [-0.15, -0.1) is 0 Å². The van der Waals surface area contributed by atoms with Crippen molar-refractivity contribution in [3.05, 3.63) is 34.1 Å². The molecule has 20 heavy (non-hydrogen) atoms. The van der Waals surface area contributed by atoms with Gasteiger partial charge in [-0.05, 0) is 43.5 Å². The van der Waals surface area contributed by atoms with Gasteiger partial charge in [0, 0.05) is 21.5 Å². The van der Waals surface area contributed by atoms with Gasteiger partial charge in [0.05, 0.1) is 0 Å². The minimum atomic E-state index is -0.104. The van der Waals surface area contributed by atoms with Crippen LogP contribution in [0.1, 0.15) is 38.2 Å². The fourth-order valence-corrected chi connectivity index (χ4v) is 4.48. The standard InChI is InChI=1S/C16H23BrFNS/c1-2-19-14(11-20-15-5-3-4-6-15)9-12-7-8-13(17)10-16(12)18/h7-8,10,14-15,19H,2-6,9,11H2,1H3. The van der Waals surface area contributed by atoms with Gasteiger partial charge < -0.3 is 5.32 Å². The van der Waals surface area contributed by atoms with E-state index in [0.29, 0.717) is 6.04 Å². The first kappa shape index (κ1) is 16.3. The number of hydrogen-bond donors (Lipinski definition) is 1. The van der Waals surface area contributed by atoms with Crippen LogP contribution in [-0.2, 0) is 6.42 Å². The molecule has 1 fully saturated rings. The Morgan fingerprint density at radius 2 is 2.15 bits per heavy atom. The maximum Gasteiger partial charge on any atom is 0.127 e. The summed E-state index contributed by atoms with van der Waals surface area (Å²) in [4.78, 5) is 0. The number of halogens is 2. The Bertz CT molecular complexity index is 421. The summed E-state index contributed by atoms with van der Waals surface area (Å²) in [6.07, 6.45) is 6.24. The van der Waals surface area contributed by atoms with Gasteiger partial charge in [-0.25, -0.2) is 4.39 Å². The SMILES string of the molecule is CCNC(CSC1CCCC1)Cc1ccc(Br)cc1F. The summed E-state index contributed by atoms with van der Waals surface area (Å²) in [5.74, 6) is 0.974. The Labute approximate surface area is 134 Å². The monoisotopic (exact) mass is 359 g/mol. The lowest BCUT2D eigenvalue weighted by atomic mass is 10.1. The zero-order valence-corrected chi connectivity index (χ0v) is 14.4. The Balaban J connectivity index is 1.90. The zero-order valence-electron chi connectivity index (χ0n) is 12.0. The van der Waals surface area contributed by atoms with E-state index in [2.05, 4.69) is 39.9 Å². The molecule has 0 radical (unpaired) electrons. The highest BCUT2D eigenvalue weighted by Gasteiger charge is 2.18. The van der Waals surface area contributed by atoms with Crippen LogP contribution in [0.2, 0.25) is 0 Å². The fourth-order valence-electron chi connectivity index (χ4n) is 2.74. The second-order valence-electron chi connectivity index (χ2n) is 5.43. The molecular weight excluding hydrogens is 337 g/mol. The average molecular weight is 360 g/mol. The maximum atomic E-state index is 13.9. The highest BCUT2D eigenvalue weighted by Crippen LogP contribution is 2.30. The van der Waals surface area contributed by atoms with Crippen LogP contribution >= 0.6 is 27.7 Å². The second kappa shape index (κ2) is 8.40. The molecule has 1 saturated carbocycles.